The number of benzene rings is 1. The van der Waals surface area contributed by atoms with Crippen LogP contribution in [-0.4, -0.2) is 74.5 Å². The molecule has 3 aromatic rings. The lowest BCUT2D eigenvalue weighted by molar-refractivity contribution is -0.134. The highest BCUT2D eigenvalue weighted by molar-refractivity contribution is 7.09. The molecule has 0 saturated carbocycles. The average molecular weight is 591 g/mol. The first-order valence-electron chi connectivity index (χ1n) is 15.2. The van der Waals surface area contributed by atoms with E-state index in [-0.39, 0.29) is 23.8 Å². The van der Waals surface area contributed by atoms with E-state index in [1.54, 1.807) is 4.90 Å². The Balaban J connectivity index is 1.34. The largest absolute Gasteiger partial charge is 0.351 e. The summed E-state index contributed by atoms with van der Waals surface area (Å²) < 4.78 is 1.82. The summed E-state index contributed by atoms with van der Waals surface area (Å²) in [6.45, 7) is 6.43. The molecule has 1 aliphatic heterocycles. The highest BCUT2D eigenvalue weighted by Gasteiger charge is 2.33. The maximum atomic E-state index is 13.7. The van der Waals surface area contributed by atoms with Gasteiger partial charge in [-0.15, -0.1) is 11.3 Å². The summed E-state index contributed by atoms with van der Waals surface area (Å²) in [5.74, 6) is 0.287. The van der Waals surface area contributed by atoms with E-state index in [0.717, 1.165) is 41.1 Å². The summed E-state index contributed by atoms with van der Waals surface area (Å²) in [4.78, 5) is 49.0. The van der Waals surface area contributed by atoms with E-state index in [2.05, 4.69) is 41.4 Å². The SMILES string of the molecule is CC(C)CCN1C(=O)CCCN(C(=O)c2csc(Cc3ccccc3)n2)CCCNC(=O)c2nn(C)c3c2CC1CC3. The highest BCUT2D eigenvalue weighted by atomic mass is 32.1. The minimum atomic E-state index is -0.189. The third kappa shape index (κ3) is 7.09. The number of hydrogen-bond acceptors (Lipinski definition) is 6. The number of carbonyl (C=O) groups is 3. The van der Waals surface area contributed by atoms with Gasteiger partial charge in [0.05, 0.1) is 5.01 Å². The van der Waals surface area contributed by atoms with Gasteiger partial charge >= 0.3 is 0 Å². The number of rotatable bonds is 6. The second kappa shape index (κ2) is 13.6. The highest BCUT2D eigenvalue weighted by Crippen LogP contribution is 2.28. The summed E-state index contributed by atoms with van der Waals surface area (Å²) >= 11 is 1.49. The molecule has 224 valence electrons. The van der Waals surface area contributed by atoms with Crippen molar-refractivity contribution in [3.8, 4) is 0 Å². The summed E-state index contributed by atoms with van der Waals surface area (Å²) in [5, 5.41) is 10.3. The average Bonchev–Trinajstić information content (AvgIpc) is 3.58. The zero-order valence-corrected chi connectivity index (χ0v) is 25.8. The van der Waals surface area contributed by atoms with Gasteiger partial charge in [-0.05, 0) is 50.0 Å². The van der Waals surface area contributed by atoms with Crippen LogP contribution in [0.3, 0.4) is 0 Å². The van der Waals surface area contributed by atoms with Crippen molar-refractivity contribution in [2.45, 2.75) is 71.3 Å². The van der Waals surface area contributed by atoms with Crippen molar-refractivity contribution in [1.82, 2.24) is 29.9 Å². The number of fused-ring (bicyclic) bond motifs is 1. The van der Waals surface area contributed by atoms with Crippen LogP contribution in [0.2, 0.25) is 0 Å². The van der Waals surface area contributed by atoms with Crippen LogP contribution >= 0.6 is 11.3 Å². The van der Waals surface area contributed by atoms with E-state index in [0.29, 0.717) is 75.6 Å². The molecule has 9 nitrogen and oxygen atoms in total. The predicted molar refractivity (Wildman–Crippen MR) is 164 cm³/mol. The minimum absolute atomic E-state index is 0.0420. The Kier molecular flexibility index (Phi) is 9.72. The van der Waals surface area contributed by atoms with Gasteiger partial charge in [-0.3, -0.25) is 19.1 Å². The molecule has 1 aliphatic carbocycles. The van der Waals surface area contributed by atoms with Gasteiger partial charge < -0.3 is 15.1 Å². The lowest BCUT2D eigenvalue weighted by atomic mass is 9.89. The van der Waals surface area contributed by atoms with Crippen molar-refractivity contribution in [3.63, 3.8) is 0 Å². The minimum Gasteiger partial charge on any atom is -0.351 e. The summed E-state index contributed by atoms with van der Waals surface area (Å²) in [6.07, 6.45) is 5.49. The molecule has 2 aliphatic rings. The molecule has 0 radical (unpaired) electrons. The van der Waals surface area contributed by atoms with Gasteiger partial charge in [0.2, 0.25) is 5.91 Å². The Morgan fingerprint density at radius 2 is 1.90 bits per heavy atom. The van der Waals surface area contributed by atoms with Crippen LogP contribution in [0.1, 0.15) is 88.8 Å². The normalized spacial score (nSPS) is 18.5. The lowest BCUT2D eigenvalue weighted by Gasteiger charge is -2.35. The molecule has 1 atom stereocenters. The summed E-state index contributed by atoms with van der Waals surface area (Å²) in [5.41, 5.74) is 4.11. The molecule has 0 spiro atoms. The van der Waals surface area contributed by atoms with Gasteiger partial charge in [0, 0.05) is 68.7 Å². The first-order valence-corrected chi connectivity index (χ1v) is 16.1. The van der Waals surface area contributed by atoms with Crippen LogP contribution in [0.5, 0.6) is 0 Å². The van der Waals surface area contributed by atoms with Crippen LogP contribution in [0.25, 0.3) is 0 Å². The number of aryl methyl sites for hydroxylation is 1. The van der Waals surface area contributed by atoms with Crippen molar-refractivity contribution >= 4 is 29.1 Å². The van der Waals surface area contributed by atoms with E-state index in [1.165, 1.54) is 11.3 Å². The lowest BCUT2D eigenvalue weighted by Crippen LogP contribution is -2.45. The van der Waals surface area contributed by atoms with E-state index < -0.39 is 0 Å². The predicted octanol–water partition coefficient (Wildman–Crippen LogP) is 4.26. The maximum Gasteiger partial charge on any atom is 0.273 e. The quantitative estimate of drug-likeness (QED) is 0.463. The first kappa shape index (κ1) is 29.9. The monoisotopic (exact) mass is 590 g/mol. The molecule has 1 unspecified atom stereocenters. The zero-order valence-electron chi connectivity index (χ0n) is 25.0. The van der Waals surface area contributed by atoms with Crippen molar-refractivity contribution in [2.24, 2.45) is 13.0 Å². The van der Waals surface area contributed by atoms with Crippen molar-refractivity contribution in [1.29, 1.82) is 0 Å². The summed E-state index contributed by atoms with van der Waals surface area (Å²) in [7, 11) is 1.89. The Morgan fingerprint density at radius 3 is 2.69 bits per heavy atom. The second-order valence-electron chi connectivity index (χ2n) is 11.9. The number of thiazole rings is 1. The third-order valence-electron chi connectivity index (χ3n) is 8.32. The number of carbonyl (C=O) groups excluding carboxylic acids is 3. The van der Waals surface area contributed by atoms with Crippen LogP contribution in [0.4, 0.5) is 0 Å². The standard InChI is InChI=1S/C32H42N6O3S/c1-22(2)14-18-38-24-12-13-27-25(20-24)30(35-36(27)3)31(40)33-15-8-17-37(16-7-11-29(38)39)32(41)26-21-42-28(34-26)19-23-9-5-4-6-10-23/h4-6,9-10,21-22,24H,7-8,11-20H2,1-3H3,(H,33,40). The molecular formula is C32H42N6O3S. The van der Waals surface area contributed by atoms with Gasteiger partial charge in [0.1, 0.15) is 5.69 Å². The topological polar surface area (TPSA) is 100 Å². The van der Waals surface area contributed by atoms with Crippen LogP contribution < -0.4 is 5.32 Å². The fourth-order valence-corrected chi connectivity index (χ4v) is 6.79. The van der Waals surface area contributed by atoms with E-state index in [1.807, 2.05) is 40.2 Å². The summed E-state index contributed by atoms with van der Waals surface area (Å²) in [6, 6.07) is 10.1. The molecule has 0 fully saturated rings. The Labute approximate surface area is 252 Å². The van der Waals surface area contributed by atoms with E-state index in [9.17, 15) is 14.4 Å². The molecule has 10 heteroatoms. The van der Waals surface area contributed by atoms with Crippen molar-refractivity contribution in [3.05, 3.63) is 68.9 Å². The van der Waals surface area contributed by atoms with Crippen LogP contribution in [-0.2, 0) is 31.1 Å². The molecule has 0 saturated heterocycles. The molecule has 2 aromatic heterocycles. The number of amides is 3. The Bertz CT molecular complexity index is 1400. The van der Waals surface area contributed by atoms with Gasteiger partial charge in [0.15, 0.2) is 5.69 Å². The van der Waals surface area contributed by atoms with Gasteiger partial charge in [0.25, 0.3) is 11.8 Å². The molecule has 2 bridgehead atoms. The first-order chi connectivity index (χ1) is 20.3. The molecular weight excluding hydrogens is 548 g/mol. The van der Waals surface area contributed by atoms with Crippen molar-refractivity contribution < 1.29 is 14.4 Å². The maximum absolute atomic E-state index is 13.7. The second-order valence-corrected chi connectivity index (χ2v) is 12.8. The zero-order chi connectivity index (χ0) is 29.6. The molecule has 1 N–H and O–H groups in total. The number of nitrogens with zero attached hydrogens (tertiary/aromatic N) is 5. The third-order valence-corrected chi connectivity index (χ3v) is 9.17. The Hall–Kier alpha value is -3.53. The van der Waals surface area contributed by atoms with Gasteiger partial charge in [-0.1, -0.05) is 44.2 Å². The number of aromatic nitrogens is 3. The van der Waals surface area contributed by atoms with E-state index >= 15 is 0 Å². The fraction of sp³-hybridized carbons (Fsp3) is 0.531. The number of nitrogens with one attached hydrogen (secondary N) is 1. The van der Waals surface area contributed by atoms with E-state index in [4.69, 9.17) is 0 Å². The van der Waals surface area contributed by atoms with Gasteiger partial charge in [-0.2, -0.15) is 5.10 Å². The fourth-order valence-electron chi connectivity index (χ4n) is 5.99. The molecule has 3 amide bonds. The molecule has 1 aromatic carbocycles. The molecule has 42 heavy (non-hydrogen) atoms. The smallest absolute Gasteiger partial charge is 0.273 e. The van der Waals surface area contributed by atoms with Crippen LogP contribution in [0, 0.1) is 5.92 Å². The Morgan fingerprint density at radius 1 is 1.12 bits per heavy atom. The van der Waals surface area contributed by atoms with Crippen molar-refractivity contribution in [2.75, 3.05) is 26.2 Å². The van der Waals surface area contributed by atoms with Crippen LogP contribution in [0.15, 0.2) is 35.7 Å². The number of hydrogen-bond donors (Lipinski definition) is 1. The van der Waals surface area contributed by atoms with Gasteiger partial charge in [-0.25, -0.2) is 4.98 Å². The molecule has 5 rings (SSSR count). The molecule has 3 heterocycles.